The normalized spacial score (nSPS) is 10.8. The maximum Gasteiger partial charge on any atom is 0.341 e. The molecule has 0 N–H and O–H groups in total. The van der Waals surface area contributed by atoms with Crippen molar-refractivity contribution in [3.8, 4) is 5.69 Å². The van der Waals surface area contributed by atoms with Crippen LogP contribution in [0.5, 0.6) is 0 Å². The Kier molecular flexibility index (Phi) is 4.49. The molecule has 2 aromatic rings. The Morgan fingerprint density at radius 1 is 1.50 bits per heavy atom. The highest BCUT2D eigenvalue weighted by atomic mass is 79.9. The van der Waals surface area contributed by atoms with Crippen LogP contribution < -0.4 is 0 Å². The fourth-order valence-corrected chi connectivity index (χ4v) is 2.13. The lowest BCUT2D eigenvalue weighted by molar-refractivity contribution is 0.0514. The summed E-state index contributed by atoms with van der Waals surface area (Å²) in [5.41, 5.74) is -0.256. The minimum Gasteiger partial charge on any atom is -0.462 e. The van der Waals surface area contributed by atoms with Gasteiger partial charge in [-0.05, 0) is 25.1 Å². The maximum atomic E-state index is 13.2. The summed E-state index contributed by atoms with van der Waals surface area (Å²) in [6, 6.07) is 6.72. The summed E-state index contributed by atoms with van der Waals surface area (Å²) in [7, 11) is 0. The highest BCUT2D eigenvalue weighted by Crippen LogP contribution is 2.27. The first-order chi connectivity index (χ1) is 9.54. The molecule has 0 atom stereocenters. The van der Waals surface area contributed by atoms with Crippen LogP contribution in [-0.2, 0) is 4.74 Å². The first-order valence-corrected chi connectivity index (χ1v) is 6.63. The van der Waals surface area contributed by atoms with Gasteiger partial charge in [-0.15, -0.1) is 0 Å². The molecule has 1 heterocycles. The molecule has 0 saturated carbocycles. The van der Waals surface area contributed by atoms with Crippen LogP contribution in [0.1, 0.15) is 29.4 Å². The second-order valence-electron chi connectivity index (χ2n) is 3.86. The zero-order valence-corrected chi connectivity index (χ0v) is 12.1. The third-order valence-corrected chi connectivity index (χ3v) is 3.05. The van der Waals surface area contributed by atoms with Gasteiger partial charge in [-0.25, -0.2) is 18.3 Å². The Labute approximate surface area is 122 Å². The first-order valence-electron chi connectivity index (χ1n) is 5.83. The standard InChI is InChI=1S/C13H11BrF2N2O2/c1-2-20-13(19)10-7-17-18(11(10)12(15)16)9-5-3-4-8(14)6-9/h3-7,12H,2H2,1H3. The molecule has 0 aliphatic heterocycles. The number of aromatic nitrogens is 2. The van der Waals surface area contributed by atoms with Crippen LogP contribution in [0.15, 0.2) is 34.9 Å². The van der Waals surface area contributed by atoms with E-state index in [1.54, 1.807) is 31.2 Å². The second kappa shape index (κ2) is 6.13. The van der Waals surface area contributed by atoms with Crippen molar-refractivity contribution >= 4 is 21.9 Å². The monoisotopic (exact) mass is 344 g/mol. The largest absolute Gasteiger partial charge is 0.462 e. The van der Waals surface area contributed by atoms with Gasteiger partial charge in [0.25, 0.3) is 6.43 Å². The van der Waals surface area contributed by atoms with Gasteiger partial charge in [0, 0.05) is 4.47 Å². The van der Waals surface area contributed by atoms with Gasteiger partial charge in [0.15, 0.2) is 0 Å². The molecule has 0 fully saturated rings. The minimum absolute atomic E-state index is 0.115. The average molecular weight is 345 g/mol. The SMILES string of the molecule is CCOC(=O)c1cnn(-c2cccc(Br)c2)c1C(F)F. The number of carbonyl (C=O) groups is 1. The molecule has 7 heteroatoms. The fourth-order valence-electron chi connectivity index (χ4n) is 1.75. The minimum atomic E-state index is -2.84. The van der Waals surface area contributed by atoms with Crippen molar-refractivity contribution < 1.29 is 18.3 Å². The van der Waals surface area contributed by atoms with Crippen LogP contribution >= 0.6 is 15.9 Å². The van der Waals surface area contributed by atoms with E-state index in [0.717, 1.165) is 15.4 Å². The molecule has 20 heavy (non-hydrogen) atoms. The molecule has 4 nitrogen and oxygen atoms in total. The zero-order valence-electron chi connectivity index (χ0n) is 10.5. The molecular weight excluding hydrogens is 334 g/mol. The number of ether oxygens (including phenoxy) is 1. The molecule has 0 radical (unpaired) electrons. The zero-order chi connectivity index (χ0) is 14.7. The number of esters is 1. The quantitative estimate of drug-likeness (QED) is 0.793. The van der Waals surface area contributed by atoms with E-state index in [0.29, 0.717) is 5.69 Å². The summed E-state index contributed by atoms with van der Waals surface area (Å²) in [6.07, 6.45) is -1.74. The van der Waals surface area contributed by atoms with E-state index in [-0.39, 0.29) is 12.2 Å². The lowest BCUT2D eigenvalue weighted by atomic mass is 10.2. The summed E-state index contributed by atoms with van der Waals surface area (Å²) >= 11 is 3.26. The maximum absolute atomic E-state index is 13.2. The van der Waals surface area contributed by atoms with Crippen molar-refractivity contribution in [1.82, 2.24) is 9.78 Å². The van der Waals surface area contributed by atoms with Gasteiger partial charge >= 0.3 is 5.97 Å². The Bertz CT molecular complexity index is 629. The van der Waals surface area contributed by atoms with Crippen LogP contribution in [0.4, 0.5) is 8.78 Å². The fraction of sp³-hybridized carbons (Fsp3) is 0.231. The van der Waals surface area contributed by atoms with Gasteiger partial charge in [-0.2, -0.15) is 5.10 Å². The van der Waals surface area contributed by atoms with Crippen molar-refractivity contribution in [2.24, 2.45) is 0 Å². The number of carbonyl (C=O) groups excluding carboxylic acids is 1. The topological polar surface area (TPSA) is 44.1 Å². The lowest BCUT2D eigenvalue weighted by Gasteiger charge is -2.09. The molecule has 0 unspecified atom stereocenters. The Hall–Kier alpha value is -1.76. The van der Waals surface area contributed by atoms with E-state index in [9.17, 15) is 13.6 Å². The van der Waals surface area contributed by atoms with Crippen molar-refractivity contribution in [2.75, 3.05) is 6.61 Å². The molecule has 2 rings (SSSR count). The third kappa shape index (κ3) is 2.87. The predicted octanol–water partition coefficient (Wildman–Crippen LogP) is 3.75. The summed E-state index contributed by atoms with van der Waals surface area (Å²) < 4.78 is 33.0. The molecule has 0 spiro atoms. The van der Waals surface area contributed by atoms with E-state index >= 15 is 0 Å². The van der Waals surface area contributed by atoms with Gasteiger partial charge < -0.3 is 4.74 Å². The number of hydrogen-bond acceptors (Lipinski definition) is 3. The number of nitrogens with zero attached hydrogens (tertiary/aromatic N) is 2. The summed E-state index contributed by atoms with van der Waals surface area (Å²) in [6.45, 7) is 1.72. The summed E-state index contributed by atoms with van der Waals surface area (Å²) in [5.74, 6) is -0.802. The summed E-state index contributed by atoms with van der Waals surface area (Å²) in [5, 5.41) is 3.87. The molecule has 0 saturated heterocycles. The van der Waals surface area contributed by atoms with Crippen LogP contribution in [-0.4, -0.2) is 22.4 Å². The third-order valence-electron chi connectivity index (χ3n) is 2.56. The van der Waals surface area contributed by atoms with E-state index in [1.807, 2.05) is 0 Å². The van der Waals surface area contributed by atoms with Crippen LogP contribution in [0.25, 0.3) is 5.69 Å². The number of alkyl halides is 2. The van der Waals surface area contributed by atoms with Gasteiger partial charge in [-0.3, -0.25) is 0 Å². The molecule has 106 valence electrons. The highest BCUT2D eigenvalue weighted by Gasteiger charge is 2.26. The Morgan fingerprint density at radius 3 is 2.85 bits per heavy atom. The van der Waals surface area contributed by atoms with Crippen molar-refractivity contribution in [1.29, 1.82) is 0 Å². The van der Waals surface area contributed by atoms with E-state index < -0.39 is 18.1 Å². The number of hydrogen-bond donors (Lipinski definition) is 0. The van der Waals surface area contributed by atoms with Gasteiger partial charge in [0.2, 0.25) is 0 Å². The molecule has 1 aromatic heterocycles. The van der Waals surface area contributed by atoms with Crippen molar-refractivity contribution in [3.63, 3.8) is 0 Å². The first kappa shape index (κ1) is 14.6. The number of halogens is 3. The Balaban J connectivity index is 2.52. The predicted molar refractivity (Wildman–Crippen MR) is 72.2 cm³/mol. The molecule has 1 aromatic carbocycles. The molecular formula is C13H11BrF2N2O2. The van der Waals surface area contributed by atoms with Gasteiger partial charge in [0.05, 0.1) is 18.5 Å². The molecule has 0 aliphatic rings. The number of benzene rings is 1. The average Bonchev–Trinajstić information content (AvgIpc) is 2.83. The Morgan fingerprint density at radius 2 is 2.25 bits per heavy atom. The smallest absolute Gasteiger partial charge is 0.341 e. The molecule has 0 bridgehead atoms. The lowest BCUT2D eigenvalue weighted by Crippen LogP contribution is -2.10. The van der Waals surface area contributed by atoms with E-state index in [1.165, 1.54) is 0 Å². The molecule has 0 amide bonds. The van der Waals surface area contributed by atoms with Gasteiger partial charge in [0.1, 0.15) is 11.3 Å². The van der Waals surface area contributed by atoms with Crippen LogP contribution in [0, 0.1) is 0 Å². The summed E-state index contributed by atoms with van der Waals surface area (Å²) in [4.78, 5) is 11.7. The highest BCUT2D eigenvalue weighted by molar-refractivity contribution is 9.10. The van der Waals surface area contributed by atoms with Crippen LogP contribution in [0.3, 0.4) is 0 Å². The van der Waals surface area contributed by atoms with E-state index in [2.05, 4.69) is 21.0 Å². The van der Waals surface area contributed by atoms with E-state index in [4.69, 9.17) is 4.74 Å². The van der Waals surface area contributed by atoms with Crippen molar-refractivity contribution in [2.45, 2.75) is 13.3 Å². The second-order valence-corrected chi connectivity index (χ2v) is 4.77. The van der Waals surface area contributed by atoms with Gasteiger partial charge in [-0.1, -0.05) is 22.0 Å². The molecule has 0 aliphatic carbocycles. The van der Waals surface area contributed by atoms with Crippen LogP contribution in [0.2, 0.25) is 0 Å². The number of rotatable bonds is 4. The van der Waals surface area contributed by atoms with Crippen molar-refractivity contribution in [3.05, 3.63) is 46.2 Å².